The predicted octanol–water partition coefficient (Wildman–Crippen LogP) is 2.53. The normalized spacial score (nSPS) is 19.6. The van der Waals surface area contributed by atoms with E-state index < -0.39 is 0 Å². The van der Waals surface area contributed by atoms with Crippen molar-refractivity contribution in [2.75, 3.05) is 12.8 Å². The number of hydrogen-bond donors (Lipinski definition) is 2. The molecule has 1 heterocycles. The van der Waals surface area contributed by atoms with Gasteiger partial charge in [0.15, 0.2) is 11.4 Å². The third kappa shape index (κ3) is 3.25. The van der Waals surface area contributed by atoms with E-state index in [1.54, 1.807) is 0 Å². The first-order valence-electron chi connectivity index (χ1n) is 5.94. The molecular formula is C13H16N4S. The van der Waals surface area contributed by atoms with Gasteiger partial charge in [-0.3, -0.25) is 5.32 Å². The van der Waals surface area contributed by atoms with E-state index in [1.807, 2.05) is 24.6 Å². The Morgan fingerprint density at radius 2 is 2.50 bits per heavy atom. The Kier molecular flexibility index (Phi) is 4.62. The second kappa shape index (κ2) is 6.43. The van der Waals surface area contributed by atoms with Crippen LogP contribution >= 0.6 is 11.8 Å². The van der Waals surface area contributed by atoms with Gasteiger partial charge >= 0.3 is 0 Å². The quantitative estimate of drug-likeness (QED) is 0.371. The number of benzene rings is 1. The molecule has 1 aliphatic rings. The summed E-state index contributed by atoms with van der Waals surface area (Å²) in [5, 5.41) is 15.3. The molecule has 0 saturated carbocycles. The lowest BCUT2D eigenvalue weighted by atomic mass is 10.1. The third-order valence-corrected chi connectivity index (χ3v) is 3.50. The molecule has 5 heteroatoms. The van der Waals surface area contributed by atoms with Crippen LogP contribution in [0.1, 0.15) is 24.4 Å². The number of hydrogen-bond acceptors (Lipinski definition) is 4. The molecule has 1 unspecified atom stereocenters. The van der Waals surface area contributed by atoms with E-state index in [1.165, 1.54) is 30.2 Å². The van der Waals surface area contributed by atoms with Gasteiger partial charge < -0.3 is 5.32 Å². The Morgan fingerprint density at radius 1 is 1.61 bits per heavy atom. The second-order valence-corrected chi connectivity index (χ2v) is 4.90. The van der Waals surface area contributed by atoms with Crippen LogP contribution in [-0.4, -0.2) is 18.0 Å². The van der Waals surface area contributed by atoms with Crippen LogP contribution < -0.4 is 10.6 Å². The van der Waals surface area contributed by atoms with E-state index in [0.29, 0.717) is 11.2 Å². The average Bonchev–Trinajstić information content (AvgIpc) is 2.92. The number of rotatable bonds is 2. The highest BCUT2D eigenvalue weighted by Crippen LogP contribution is 2.26. The van der Waals surface area contributed by atoms with Crippen LogP contribution in [0.3, 0.4) is 0 Å². The van der Waals surface area contributed by atoms with Gasteiger partial charge in [0, 0.05) is 6.04 Å². The predicted molar refractivity (Wildman–Crippen MR) is 75.8 cm³/mol. The van der Waals surface area contributed by atoms with E-state index >= 15 is 0 Å². The maximum absolute atomic E-state index is 8.61. The fourth-order valence-corrected chi connectivity index (χ4v) is 2.41. The molecule has 0 spiro atoms. The van der Waals surface area contributed by atoms with Crippen molar-refractivity contribution in [3.05, 3.63) is 29.8 Å². The zero-order valence-corrected chi connectivity index (χ0v) is 11.1. The lowest BCUT2D eigenvalue weighted by Crippen LogP contribution is -2.13. The molecule has 1 aromatic rings. The van der Waals surface area contributed by atoms with Gasteiger partial charge in [-0.1, -0.05) is 23.9 Å². The zero-order valence-electron chi connectivity index (χ0n) is 10.3. The Hall–Kier alpha value is -1.51. The SMILES string of the molecule is CSC(=Nc1cccc(C2CCCN2)c1)NC#N. The number of nitriles is 1. The van der Waals surface area contributed by atoms with Gasteiger partial charge in [0.25, 0.3) is 0 Å². The molecule has 1 aromatic carbocycles. The van der Waals surface area contributed by atoms with Gasteiger partial charge in [0.05, 0.1) is 5.69 Å². The van der Waals surface area contributed by atoms with E-state index in [2.05, 4.69) is 27.8 Å². The molecule has 0 radical (unpaired) electrons. The van der Waals surface area contributed by atoms with Crippen molar-refractivity contribution < 1.29 is 0 Å². The summed E-state index contributed by atoms with van der Waals surface area (Å²) in [6.45, 7) is 1.09. The fraction of sp³-hybridized carbons (Fsp3) is 0.385. The van der Waals surface area contributed by atoms with Crippen molar-refractivity contribution in [1.82, 2.24) is 10.6 Å². The molecule has 0 bridgehead atoms. The smallest absolute Gasteiger partial charge is 0.183 e. The summed E-state index contributed by atoms with van der Waals surface area (Å²) in [6.07, 6.45) is 6.20. The van der Waals surface area contributed by atoms with Gasteiger partial charge in [-0.2, -0.15) is 5.26 Å². The summed E-state index contributed by atoms with van der Waals surface area (Å²) < 4.78 is 0. The molecule has 94 valence electrons. The van der Waals surface area contributed by atoms with Crippen LogP contribution in [-0.2, 0) is 0 Å². The molecule has 0 aromatic heterocycles. The van der Waals surface area contributed by atoms with Gasteiger partial charge in [-0.05, 0) is 43.3 Å². The Bertz CT molecular complexity index is 472. The molecule has 2 N–H and O–H groups in total. The van der Waals surface area contributed by atoms with Crippen LogP contribution in [0.15, 0.2) is 29.3 Å². The van der Waals surface area contributed by atoms with E-state index in [0.717, 1.165) is 12.2 Å². The fourth-order valence-electron chi connectivity index (χ4n) is 2.07. The molecular weight excluding hydrogens is 244 g/mol. The molecule has 1 saturated heterocycles. The van der Waals surface area contributed by atoms with Gasteiger partial charge in [0.1, 0.15) is 0 Å². The molecule has 0 aliphatic carbocycles. The number of amidine groups is 1. The maximum Gasteiger partial charge on any atom is 0.183 e. The second-order valence-electron chi connectivity index (χ2n) is 4.10. The number of thioether (sulfide) groups is 1. The highest BCUT2D eigenvalue weighted by Gasteiger charge is 2.15. The van der Waals surface area contributed by atoms with Crippen molar-refractivity contribution >= 4 is 22.6 Å². The minimum absolute atomic E-state index is 0.446. The molecule has 0 amide bonds. The van der Waals surface area contributed by atoms with Gasteiger partial charge in [0.2, 0.25) is 0 Å². The van der Waals surface area contributed by atoms with Crippen LogP contribution in [0.2, 0.25) is 0 Å². The summed E-state index contributed by atoms with van der Waals surface area (Å²) in [5.41, 5.74) is 2.15. The van der Waals surface area contributed by atoms with Gasteiger partial charge in [-0.15, -0.1) is 0 Å². The largest absolute Gasteiger partial charge is 0.310 e. The molecule has 18 heavy (non-hydrogen) atoms. The maximum atomic E-state index is 8.61. The van der Waals surface area contributed by atoms with Crippen molar-refractivity contribution in [3.63, 3.8) is 0 Å². The standard InChI is InChI=1S/C13H16N4S/c1-18-13(16-9-14)17-11-5-2-4-10(8-11)12-6-3-7-15-12/h2,4-5,8,12,15H,3,6-7H2,1H3,(H,16,17). The first-order chi connectivity index (χ1) is 8.83. The van der Waals surface area contributed by atoms with E-state index in [9.17, 15) is 0 Å². The van der Waals surface area contributed by atoms with Crippen LogP contribution in [0.25, 0.3) is 0 Å². The van der Waals surface area contributed by atoms with Crippen LogP contribution in [0.5, 0.6) is 0 Å². The molecule has 4 nitrogen and oxygen atoms in total. The van der Waals surface area contributed by atoms with Crippen molar-refractivity contribution in [2.24, 2.45) is 4.99 Å². The minimum Gasteiger partial charge on any atom is -0.310 e. The van der Waals surface area contributed by atoms with E-state index in [-0.39, 0.29) is 0 Å². The lowest BCUT2D eigenvalue weighted by molar-refractivity contribution is 0.648. The van der Waals surface area contributed by atoms with E-state index in [4.69, 9.17) is 5.26 Å². The number of nitrogens with zero attached hydrogens (tertiary/aromatic N) is 2. The summed E-state index contributed by atoms with van der Waals surface area (Å²) >= 11 is 1.43. The first-order valence-corrected chi connectivity index (χ1v) is 7.17. The summed E-state index contributed by atoms with van der Waals surface area (Å²) in [4.78, 5) is 4.42. The Labute approximate surface area is 111 Å². The van der Waals surface area contributed by atoms with Crippen molar-refractivity contribution in [3.8, 4) is 6.19 Å². The molecule has 1 atom stereocenters. The Balaban J connectivity index is 2.18. The number of nitrogens with one attached hydrogen (secondary N) is 2. The van der Waals surface area contributed by atoms with Crippen molar-refractivity contribution in [2.45, 2.75) is 18.9 Å². The highest BCUT2D eigenvalue weighted by atomic mass is 32.2. The minimum atomic E-state index is 0.446. The number of aliphatic imine (C=N–C) groups is 1. The highest BCUT2D eigenvalue weighted by molar-refractivity contribution is 8.13. The molecule has 1 fully saturated rings. The topological polar surface area (TPSA) is 60.2 Å². The van der Waals surface area contributed by atoms with Crippen LogP contribution in [0.4, 0.5) is 5.69 Å². The monoisotopic (exact) mass is 260 g/mol. The summed E-state index contributed by atoms with van der Waals surface area (Å²) in [6, 6.07) is 8.62. The lowest BCUT2D eigenvalue weighted by Gasteiger charge is -2.11. The third-order valence-electron chi connectivity index (χ3n) is 2.92. The Morgan fingerprint density at radius 3 is 3.17 bits per heavy atom. The van der Waals surface area contributed by atoms with Crippen LogP contribution in [0, 0.1) is 11.5 Å². The zero-order chi connectivity index (χ0) is 12.8. The molecule has 2 rings (SSSR count). The average molecular weight is 260 g/mol. The first kappa shape index (κ1) is 12.9. The summed E-state index contributed by atoms with van der Waals surface area (Å²) in [5.74, 6) is 0. The van der Waals surface area contributed by atoms with Gasteiger partial charge in [-0.25, -0.2) is 4.99 Å². The van der Waals surface area contributed by atoms with Crippen molar-refractivity contribution in [1.29, 1.82) is 5.26 Å². The molecule has 1 aliphatic heterocycles. The summed E-state index contributed by atoms with van der Waals surface area (Å²) in [7, 11) is 0.